The second-order valence-corrected chi connectivity index (χ2v) is 7.00. The van der Waals surface area contributed by atoms with E-state index in [1.54, 1.807) is 25.5 Å². The standard InChI is InChI=1S/C12H16BrN5O2S/c1-3-14-12-11(4-10(13)7-15-12)21(19,20)18-8(2)9-5-16-17-6-9/h4-8,18H,3H2,1-2H3,(H,14,15)(H,16,17). The number of aromatic amines is 1. The summed E-state index contributed by atoms with van der Waals surface area (Å²) in [5.41, 5.74) is 0.756. The number of nitrogens with zero attached hydrogens (tertiary/aromatic N) is 2. The van der Waals surface area contributed by atoms with Crippen molar-refractivity contribution in [2.24, 2.45) is 0 Å². The highest BCUT2D eigenvalue weighted by Gasteiger charge is 2.23. The second kappa shape index (κ2) is 6.54. The molecule has 2 heterocycles. The lowest BCUT2D eigenvalue weighted by atomic mass is 10.2. The fraction of sp³-hybridized carbons (Fsp3) is 0.333. The molecule has 9 heteroatoms. The van der Waals surface area contributed by atoms with Crippen LogP contribution in [0.3, 0.4) is 0 Å². The first-order chi connectivity index (χ1) is 9.94. The molecular formula is C12H16BrN5O2S. The van der Waals surface area contributed by atoms with Gasteiger partial charge in [0.05, 0.1) is 6.20 Å². The highest BCUT2D eigenvalue weighted by molar-refractivity contribution is 9.10. The summed E-state index contributed by atoms with van der Waals surface area (Å²) in [6.07, 6.45) is 4.78. The molecule has 21 heavy (non-hydrogen) atoms. The van der Waals surface area contributed by atoms with Crippen LogP contribution in [0.25, 0.3) is 0 Å². The van der Waals surface area contributed by atoms with Crippen LogP contribution in [-0.2, 0) is 10.0 Å². The largest absolute Gasteiger partial charge is 0.369 e. The maximum absolute atomic E-state index is 12.5. The number of aromatic nitrogens is 3. The Balaban J connectivity index is 2.33. The minimum absolute atomic E-state index is 0.106. The highest BCUT2D eigenvalue weighted by atomic mass is 79.9. The summed E-state index contributed by atoms with van der Waals surface area (Å²) in [6, 6.07) is 1.12. The Morgan fingerprint density at radius 1 is 1.43 bits per heavy atom. The Labute approximate surface area is 131 Å². The van der Waals surface area contributed by atoms with E-state index in [-0.39, 0.29) is 4.90 Å². The second-order valence-electron chi connectivity index (χ2n) is 4.41. The molecule has 3 N–H and O–H groups in total. The average molecular weight is 374 g/mol. The van der Waals surface area contributed by atoms with Crippen LogP contribution in [0.2, 0.25) is 0 Å². The monoisotopic (exact) mass is 373 g/mol. The van der Waals surface area contributed by atoms with Gasteiger partial charge < -0.3 is 5.32 Å². The average Bonchev–Trinajstić information content (AvgIpc) is 2.94. The molecule has 0 saturated heterocycles. The molecule has 0 saturated carbocycles. The molecule has 0 bridgehead atoms. The molecule has 2 aromatic rings. The van der Waals surface area contributed by atoms with Crippen LogP contribution in [0.1, 0.15) is 25.5 Å². The predicted molar refractivity (Wildman–Crippen MR) is 83.4 cm³/mol. The first-order valence-electron chi connectivity index (χ1n) is 6.34. The summed E-state index contributed by atoms with van der Waals surface area (Å²) in [5.74, 6) is 0.326. The quantitative estimate of drug-likeness (QED) is 0.719. The van der Waals surface area contributed by atoms with Gasteiger partial charge in [0.15, 0.2) is 0 Å². The SMILES string of the molecule is CCNc1ncc(Br)cc1S(=O)(=O)NC(C)c1cn[nH]c1. The zero-order valence-electron chi connectivity index (χ0n) is 11.6. The van der Waals surface area contributed by atoms with Gasteiger partial charge in [-0.2, -0.15) is 5.10 Å². The number of halogens is 1. The van der Waals surface area contributed by atoms with Crippen LogP contribution in [0, 0.1) is 0 Å². The van der Waals surface area contributed by atoms with Crippen LogP contribution in [0.4, 0.5) is 5.82 Å². The number of H-pyrrole nitrogens is 1. The molecule has 114 valence electrons. The first kappa shape index (κ1) is 15.9. The normalized spacial score (nSPS) is 13.1. The fourth-order valence-corrected chi connectivity index (χ4v) is 3.66. The van der Waals surface area contributed by atoms with Crippen molar-refractivity contribution in [2.75, 3.05) is 11.9 Å². The minimum Gasteiger partial charge on any atom is -0.369 e. The van der Waals surface area contributed by atoms with Crippen molar-refractivity contribution in [3.8, 4) is 0 Å². The van der Waals surface area contributed by atoms with Gasteiger partial charge in [-0.25, -0.2) is 18.1 Å². The number of sulfonamides is 1. The van der Waals surface area contributed by atoms with E-state index < -0.39 is 16.1 Å². The third kappa shape index (κ3) is 3.80. The summed E-state index contributed by atoms with van der Waals surface area (Å²) < 4.78 is 28.3. The van der Waals surface area contributed by atoms with Crippen LogP contribution in [0.15, 0.2) is 34.0 Å². The Morgan fingerprint density at radius 3 is 2.81 bits per heavy atom. The fourth-order valence-electron chi connectivity index (χ4n) is 1.79. The number of pyridine rings is 1. The molecule has 2 rings (SSSR count). The topological polar surface area (TPSA) is 99.8 Å². The maximum atomic E-state index is 12.5. The molecule has 0 amide bonds. The van der Waals surface area contributed by atoms with Crippen LogP contribution >= 0.6 is 15.9 Å². The van der Waals surface area contributed by atoms with Crippen LogP contribution in [-0.4, -0.2) is 30.1 Å². The zero-order chi connectivity index (χ0) is 15.5. The smallest absolute Gasteiger partial charge is 0.244 e. The minimum atomic E-state index is -3.71. The number of nitrogens with one attached hydrogen (secondary N) is 3. The van der Waals surface area contributed by atoms with Crippen molar-refractivity contribution in [2.45, 2.75) is 24.8 Å². The van der Waals surface area contributed by atoms with E-state index in [0.717, 1.165) is 5.56 Å². The molecule has 1 unspecified atom stereocenters. The summed E-state index contributed by atoms with van der Waals surface area (Å²) >= 11 is 3.25. The van der Waals surface area contributed by atoms with E-state index in [9.17, 15) is 8.42 Å². The summed E-state index contributed by atoms with van der Waals surface area (Å²) in [7, 11) is -3.71. The molecule has 1 atom stereocenters. The number of anilines is 1. The first-order valence-corrected chi connectivity index (χ1v) is 8.62. The van der Waals surface area contributed by atoms with Crippen LogP contribution in [0.5, 0.6) is 0 Å². The van der Waals surface area contributed by atoms with E-state index in [2.05, 4.69) is 41.2 Å². The predicted octanol–water partition coefficient (Wildman–Crippen LogP) is 2.04. The number of hydrogen-bond acceptors (Lipinski definition) is 5. The van der Waals surface area contributed by atoms with Gasteiger partial charge >= 0.3 is 0 Å². The van der Waals surface area contributed by atoms with Crippen molar-refractivity contribution < 1.29 is 8.42 Å². The lowest BCUT2D eigenvalue weighted by Crippen LogP contribution is -2.27. The number of rotatable bonds is 6. The van der Waals surface area contributed by atoms with E-state index in [4.69, 9.17) is 0 Å². The van der Waals surface area contributed by atoms with E-state index >= 15 is 0 Å². The van der Waals surface area contributed by atoms with E-state index in [1.165, 1.54) is 6.07 Å². The molecule has 0 aliphatic rings. The molecule has 0 radical (unpaired) electrons. The Morgan fingerprint density at radius 2 is 2.19 bits per heavy atom. The van der Waals surface area contributed by atoms with Crippen molar-refractivity contribution in [1.82, 2.24) is 19.9 Å². The molecular weight excluding hydrogens is 358 g/mol. The molecule has 0 fully saturated rings. The molecule has 2 aromatic heterocycles. The lowest BCUT2D eigenvalue weighted by molar-refractivity contribution is 0.567. The number of hydrogen-bond donors (Lipinski definition) is 3. The van der Waals surface area contributed by atoms with Crippen molar-refractivity contribution in [3.05, 3.63) is 34.7 Å². The Bertz CT molecular complexity index is 702. The van der Waals surface area contributed by atoms with Gasteiger partial charge in [0.2, 0.25) is 10.0 Å². The van der Waals surface area contributed by atoms with E-state index in [1.807, 2.05) is 6.92 Å². The van der Waals surface area contributed by atoms with Gasteiger partial charge in [0, 0.05) is 35.0 Å². The Kier molecular flexibility index (Phi) is 4.96. The lowest BCUT2D eigenvalue weighted by Gasteiger charge is -2.15. The van der Waals surface area contributed by atoms with Crippen LogP contribution < -0.4 is 10.0 Å². The molecule has 0 spiro atoms. The zero-order valence-corrected chi connectivity index (χ0v) is 14.0. The maximum Gasteiger partial charge on any atom is 0.244 e. The summed E-state index contributed by atoms with van der Waals surface area (Å²) in [6.45, 7) is 4.21. The molecule has 0 aliphatic heterocycles. The van der Waals surface area contributed by atoms with Gasteiger partial charge in [-0.05, 0) is 35.8 Å². The van der Waals surface area contributed by atoms with Gasteiger partial charge in [-0.3, -0.25) is 5.10 Å². The van der Waals surface area contributed by atoms with Gasteiger partial charge in [0.25, 0.3) is 0 Å². The third-order valence-corrected chi connectivity index (χ3v) is 4.79. The summed E-state index contributed by atoms with van der Waals surface area (Å²) in [4.78, 5) is 4.21. The Hall–Kier alpha value is -1.45. The van der Waals surface area contributed by atoms with Gasteiger partial charge in [-0.1, -0.05) is 0 Å². The van der Waals surface area contributed by atoms with Gasteiger partial charge in [0.1, 0.15) is 10.7 Å². The van der Waals surface area contributed by atoms with Crippen molar-refractivity contribution in [1.29, 1.82) is 0 Å². The van der Waals surface area contributed by atoms with Gasteiger partial charge in [-0.15, -0.1) is 0 Å². The molecule has 7 nitrogen and oxygen atoms in total. The highest BCUT2D eigenvalue weighted by Crippen LogP contribution is 2.24. The van der Waals surface area contributed by atoms with Crippen molar-refractivity contribution >= 4 is 31.8 Å². The summed E-state index contributed by atoms with van der Waals surface area (Å²) in [5, 5.41) is 9.42. The molecule has 0 aliphatic carbocycles. The third-order valence-electron chi connectivity index (χ3n) is 2.80. The molecule has 0 aromatic carbocycles. The van der Waals surface area contributed by atoms with Crippen molar-refractivity contribution in [3.63, 3.8) is 0 Å². The van der Waals surface area contributed by atoms with E-state index in [0.29, 0.717) is 16.8 Å².